The van der Waals surface area contributed by atoms with Gasteiger partial charge in [-0.05, 0) is 55.1 Å². The van der Waals surface area contributed by atoms with Gasteiger partial charge in [0.1, 0.15) is 13.2 Å². The van der Waals surface area contributed by atoms with Gasteiger partial charge in [-0.25, -0.2) is 0 Å². The molecule has 0 saturated heterocycles. The summed E-state index contributed by atoms with van der Waals surface area (Å²) < 4.78 is 11.3. The minimum Gasteiger partial charge on any atom is -0.486 e. The third-order valence-electron chi connectivity index (χ3n) is 5.39. The van der Waals surface area contributed by atoms with Crippen LogP contribution in [0.4, 0.5) is 0 Å². The summed E-state index contributed by atoms with van der Waals surface area (Å²) >= 11 is 10.3. The molecule has 0 aromatic heterocycles. The van der Waals surface area contributed by atoms with Crippen molar-refractivity contribution < 1.29 is 9.47 Å². The van der Waals surface area contributed by atoms with Gasteiger partial charge in [0.25, 0.3) is 0 Å². The number of hydrogen-bond acceptors (Lipinski definition) is 2. The van der Waals surface area contributed by atoms with Gasteiger partial charge in [0.15, 0.2) is 11.5 Å². The normalized spacial score (nSPS) is 31.4. The van der Waals surface area contributed by atoms with E-state index in [4.69, 9.17) is 21.1 Å². The number of fused-ring (bicyclic) bond motifs is 3. The van der Waals surface area contributed by atoms with Crippen molar-refractivity contribution in [3.05, 3.63) is 22.7 Å². The van der Waals surface area contributed by atoms with Gasteiger partial charge < -0.3 is 9.47 Å². The standard InChI is InChI=1S/C17H20BrClO2/c18-14(7-12-6-10-1-2-11(12)5-10)13-8-16-17(9-15(13)19)21-4-3-20-16/h8-12,14H,1-7H2. The molecule has 1 aromatic rings. The Morgan fingerprint density at radius 3 is 2.57 bits per heavy atom. The molecule has 2 aliphatic carbocycles. The zero-order chi connectivity index (χ0) is 14.4. The Kier molecular flexibility index (Phi) is 3.83. The first kappa shape index (κ1) is 14.2. The smallest absolute Gasteiger partial charge is 0.162 e. The average Bonchev–Trinajstić information content (AvgIpc) is 3.09. The van der Waals surface area contributed by atoms with Crippen LogP contribution in [0, 0.1) is 17.8 Å². The Morgan fingerprint density at radius 2 is 1.90 bits per heavy atom. The molecule has 0 N–H and O–H groups in total. The first-order valence-electron chi connectivity index (χ1n) is 7.94. The van der Waals surface area contributed by atoms with Gasteiger partial charge in [-0.3, -0.25) is 0 Å². The van der Waals surface area contributed by atoms with E-state index in [1.165, 1.54) is 32.1 Å². The molecule has 2 nitrogen and oxygen atoms in total. The Labute approximate surface area is 139 Å². The fourth-order valence-electron chi connectivity index (χ4n) is 4.38. The molecule has 2 saturated carbocycles. The van der Waals surface area contributed by atoms with E-state index in [2.05, 4.69) is 22.0 Å². The summed E-state index contributed by atoms with van der Waals surface area (Å²) in [5.74, 6) is 4.41. The van der Waals surface area contributed by atoms with E-state index in [1.807, 2.05) is 6.07 Å². The summed E-state index contributed by atoms with van der Waals surface area (Å²) in [5.41, 5.74) is 1.14. The lowest BCUT2D eigenvalue weighted by molar-refractivity contribution is 0.171. The lowest BCUT2D eigenvalue weighted by Gasteiger charge is -2.26. The van der Waals surface area contributed by atoms with E-state index in [0.717, 1.165) is 39.8 Å². The van der Waals surface area contributed by atoms with Gasteiger partial charge in [-0.2, -0.15) is 0 Å². The molecular formula is C17H20BrClO2. The highest BCUT2D eigenvalue weighted by atomic mass is 79.9. The van der Waals surface area contributed by atoms with Crippen molar-refractivity contribution in [3.8, 4) is 11.5 Å². The molecule has 1 heterocycles. The van der Waals surface area contributed by atoms with E-state index >= 15 is 0 Å². The Morgan fingerprint density at radius 1 is 1.14 bits per heavy atom. The molecule has 21 heavy (non-hydrogen) atoms. The second kappa shape index (κ2) is 5.66. The predicted molar refractivity (Wildman–Crippen MR) is 87.7 cm³/mol. The molecule has 0 spiro atoms. The van der Waals surface area contributed by atoms with Crippen molar-refractivity contribution >= 4 is 27.5 Å². The molecule has 4 atom stereocenters. The lowest BCUT2D eigenvalue weighted by Crippen LogP contribution is -2.16. The Balaban J connectivity index is 1.52. The lowest BCUT2D eigenvalue weighted by atomic mass is 9.84. The van der Waals surface area contributed by atoms with Crippen LogP contribution in [0.15, 0.2) is 12.1 Å². The van der Waals surface area contributed by atoms with Gasteiger partial charge in [-0.15, -0.1) is 0 Å². The molecule has 2 fully saturated rings. The fraction of sp³-hybridized carbons (Fsp3) is 0.647. The van der Waals surface area contributed by atoms with Crippen LogP contribution in [-0.4, -0.2) is 13.2 Å². The maximum absolute atomic E-state index is 6.46. The van der Waals surface area contributed by atoms with Crippen molar-refractivity contribution in [2.24, 2.45) is 17.8 Å². The van der Waals surface area contributed by atoms with Crippen LogP contribution in [0.2, 0.25) is 5.02 Å². The first-order chi connectivity index (χ1) is 10.2. The highest BCUT2D eigenvalue weighted by Gasteiger charge is 2.40. The highest BCUT2D eigenvalue weighted by Crippen LogP contribution is 2.52. The van der Waals surface area contributed by atoms with Crippen LogP contribution in [0.5, 0.6) is 11.5 Å². The number of halogens is 2. The molecule has 1 aromatic carbocycles. The number of alkyl halides is 1. The zero-order valence-corrected chi connectivity index (χ0v) is 14.3. The van der Waals surface area contributed by atoms with Gasteiger partial charge in [0.05, 0.1) is 0 Å². The van der Waals surface area contributed by atoms with Crippen molar-refractivity contribution in [2.75, 3.05) is 13.2 Å². The van der Waals surface area contributed by atoms with Crippen molar-refractivity contribution in [1.29, 1.82) is 0 Å². The number of hydrogen-bond donors (Lipinski definition) is 0. The topological polar surface area (TPSA) is 18.5 Å². The quantitative estimate of drug-likeness (QED) is 0.665. The molecule has 0 amide bonds. The summed E-state index contributed by atoms with van der Waals surface area (Å²) in [4.78, 5) is 0.310. The van der Waals surface area contributed by atoms with E-state index in [9.17, 15) is 0 Å². The Hall–Kier alpha value is -0.410. The maximum atomic E-state index is 6.46. The van der Waals surface area contributed by atoms with E-state index in [1.54, 1.807) is 0 Å². The number of rotatable bonds is 3. The summed E-state index contributed by atoms with van der Waals surface area (Å²) in [5, 5.41) is 0.782. The molecule has 4 rings (SSSR count). The maximum Gasteiger partial charge on any atom is 0.162 e. The molecule has 3 aliphatic rings. The van der Waals surface area contributed by atoms with Gasteiger partial charge in [-0.1, -0.05) is 34.0 Å². The van der Waals surface area contributed by atoms with Crippen LogP contribution in [0.25, 0.3) is 0 Å². The van der Waals surface area contributed by atoms with Crippen molar-refractivity contribution in [2.45, 2.75) is 36.9 Å². The molecular weight excluding hydrogens is 352 g/mol. The minimum atomic E-state index is 0.310. The van der Waals surface area contributed by atoms with Gasteiger partial charge in [0.2, 0.25) is 0 Å². The van der Waals surface area contributed by atoms with Gasteiger partial charge >= 0.3 is 0 Å². The molecule has 4 unspecified atom stereocenters. The summed E-state index contributed by atoms with van der Waals surface area (Å²) in [6.07, 6.45) is 6.94. The van der Waals surface area contributed by atoms with Crippen LogP contribution >= 0.6 is 27.5 Å². The van der Waals surface area contributed by atoms with Crippen LogP contribution in [0.3, 0.4) is 0 Å². The van der Waals surface area contributed by atoms with Crippen LogP contribution in [-0.2, 0) is 0 Å². The second-order valence-electron chi connectivity index (χ2n) is 6.66. The molecule has 114 valence electrons. The largest absolute Gasteiger partial charge is 0.486 e. The first-order valence-corrected chi connectivity index (χ1v) is 9.23. The number of benzene rings is 1. The monoisotopic (exact) mass is 370 g/mol. The third kappa shape index (κ3) is 2.68. The SMILES string of the molecule is Clc1cc2c(cc1C(Br)CC1CC3CCC1C3)OCCO2. The van der Waals surface area contributed by atoms with Crippen LogP contribution in [0.1, 0.15) is 42.5 Å². The third-order valence-corrected chi connectivity index (χ3v) is 6.59. The predicted octanol–water partition coefficient (Wildman–Crippen LogP) is 5.37. The summed E-state index contributed by atoms with van der Waals surface area (Å²) in [6.45, 7) is 1.22. The van der Waals surface area contributed by atoms with E-state index in [0.29, 0.717) is 18.0 Å². The molecule has 1 aliphatic heterocycles. The molecule has 2 bridgehead atoms. The van der Waals surface area contributed by atoms with Gasteiger partial charge in [0, 0.05) is 15.9 Å². The Bertz CT molecular complexity index is 548. The van der Waals surface area contributed by atoms with E-state index < -0.39 is 0 Å². The number of ether oxygens (including phenoxy) is 2. The summed E-state index contributed by atoms with van der Waals surface area (Å²) in [6, 6.07) is 3.96. The van der Waals surface area contributed by atoms with Crippen LogP contribution < -0.4 is 9.47 Å². The molecule has 0 radical (unpaired) electrons. The second-order valence-corrected chi connectivity index (χ2v) is 8.17. The van der Waals surface area contributed by atoms with Crippen molar-refractivity contribution in [3.63, 3.8) is 0 Å². The van der Waals surface area contributed by atoms with E-state index in [-0.39, 0.29) is 0 Å². The average molecular weight is 372 g/mol. The van der Waals surface area contributed by atoms with Crippen molar-refractivity contribution in [1.82, 2.24) is 0 Å². The summed E-state index contributed by atoms with van der Waals surface area (Å²) in [7, 11) is 0. The zero-order valence-electron chi connectivity index (χ0n) is 12.0. The fourth-order valence-corrected chi connectivity index (χ4v) is 5.65. The highest BCUT2D eigenvalue weighted by molar-refractivity contribution is 9.09. The minimum absolute atomic E-state index is 0.310. The molecule has 4 heteroatoms.